The van der Waals surface area contributed by atoms with Gasteiger partial charge in [0.05, 0.1) is 0 Å². The molecule has 2 amide bonds. The van der Waals surface area contributed by atoms with E-state index in [-0.39, 0.29) is 6.03 Å². The highest BCUT2D eigenvalue weighted by molar-refractivity contribution is 5.76. The molecule has 1 aliphatic heterocycles. The van der Waals surface area contributed by atoms with Crippen molar-refractivity contribution in [3.05, 3.63) is 35.4 Å². The lowest BCUT2D eigenvalue weighted by atomic mass is 9.77. The second-order valence-corrected chi connectivity index (χ2v) is 4.28. The number of urea groups is 1. The van der Waals surface area contributed by atoms with E-state index in [4.69, 9.17) is 0 Å². The van der Waals surface area contributed by atoms with Crippen LogP contribution in [0.2, 0.25) is 0 Å². The Morgan fingerprint density at radius 1 is 1.40 bits per heavy atom. The highest BCUT2D eigenvalue weighted by atomic mass is 16.2. The molecule has 0 saturated carbocycles. The Morgan fingerprint density at radius 2 is 2.27 bits per heavy atom. The number of rotatable bonds is 2. The molecular formula is C12H14N2O. The molecule has 0 radical (unpaired) electrons. The summed E-state index contributed by atoms with van der Waals surface area (Å²) in [5.41, 5.74) is 2.87. The fourth-order valence-corrected chi connectivity index (χ4v) is 2.48. The summed E-state index contributed by atoms with van der Waals surface area (Å²) >= 11 is 0. The number of hydrogen-bond acceptors (Lipinski definition) is 1. The molecule has 1 aromatic rings. The van der Waals surface area contributed by atoms with Crippen LogP contribution in [0.5, 0.6) is 0 Å². The third-order valence-electron chi connectivity index (χ3n) is 3.35. The molecular weight excluding hydrogens is 188 g/mol. The molecule has 0 bridgehead atoms. The summed E-state index contributed by atoms with van der Waals surface area (Å²) in [6.45, 7) is 2.54. The number of nitrogens with one attached hydrogen (secondary N) is 1. The lowest BCUT2D eigenvalue weighted by Gasteiger charge is -2.32. The van der Waals surface area contributed by atoms with Gasteiger partial charge >= 0.3 is 6.03 Å². The summed E-state index contributed by atoms with van der Waals surface area (Å²) in [4.78, 5) is 13.3. The van der Waals surface area contributed by atoms with Crippen LogP contribution >= 0.6 is 0 Å². The molecule has 3 nitrogen and oxygen atoms in total. The van der Waals surface area contributed by atoms with Crippen molar-refractivity contribution in [3.63, 3.8) is 0 Å². The van der Waals surface area contributed by atoms with Crippen molar-refractivity contribution in [1.82, 2.24) is 10.2 Å². The number of nitrogens with zero attached hydrogens (tertiary/aromatic N) is 1. The van der Waals surface area contributed by atoms with Crippen LogP contribution in [0.4, 0.5) is 4.79 Å². The summed E-state index contributed by atoms with van der Waals surface area (Å²) < 4.78 is 0. The standard InChI is InChI=1S/C12H14N2O/c15-12-13-5-6-14(12)8-10-7-9-3-1-2-4-11(9)10/h1-4,10H,5-8H2,(H,13,15). The van der Waals surface area contributed by atoms with Gasteiger partial charge in [-0.25, -0.2) is 4.79 Å². The largest absolute Gasteiger partial charge is 0.336 e. The predicted octanol–water partition coefficient (Wildman–Crippen LogP) is 1.35. The van der Waals surface area contributed by atoms with Crippen molar-refractivity contribution < 1.29 is 4.79 Å². The Hall–Kier alpha value is -1.51. The molecule has 1 unspecified atom stereocenters. The van der Waals surface area contributed by atoms with E-state index < -0.39 is 0 Å². The SMILES string of the molecule is O=C1NCCN1CC1Cc2ccccc21. The molecule has 1 N–H and O–H groups in total. The third kappa shape index (κ3) is 1.39. The first-order valence-corrected chi connectivity index (χ1v) is 5.45. The minimum absolute atomic E-state index is 0.0966. The zero-order valence-corrected chi connectivity index (χ0v) is 8.57. The fourth-order valence-electron chi connectivity index (χ4n) is 2.48. The molecule has 2 aliphatic rings. The summed E-state index contributed by atoms with van der Waals surface area (Å²) in [5, 5.41) is 2.83. The lowest BCUT2D eigenvalue weighted by Crippen LogP contribution is -2.35. The Kier molecular flexibility index (Phi) is 1.91. The molecule has 0 spiro atoms. The molecule has 1 saturated heterocycles. The monoisotopic (exact) mass is 202 g/mol. The summed E-state index contributed by atoms with van der Waals surface area (Å²) in [6, 6.07) is 8.61. The van der Waals surface area contributed by atoms with Gasteiger partial charge in [-0.15, -0.1) is 0 Å². The Balaban J connectivity index is 1.70. The first-order valence-electron chi connectivity index (χ1n) is 5.45. The maximum atomic E-state index is 11.4. The average molecular weight is 202 g/mol. The van der Waals surface area contributed by atoms with E-state index in [1.807, 2.05) is 4.90 Å². The van der Waals surface area contributed by atoms with Crippen LogP contribution in [-0.4, -0.2) is 30.6 Å². The van der Waals surface area contributed by atoms with Gasteiger partial charge in [-0.2, -0.15) is 0 Å². The van der Waals surface area contributed by atoms with E-state index in [2.05, 4.69) is 29.6 Å². The Morgan fingerprint density at radius 3 is 3.00 bits per heavy atom. The molecule has 1 heterocycles. The lowest BCUT2D eigenvalue weighted by molar-refractivity contribution is 0.212. The molecule has 3 rings (SSSR count). The molecule has 1 aromatic carbocycles. The van der Waals surface area contributed by atoms with Gasteiger partial charge in [0.1, 0.15) is 0 Å². The Bertz CT molecular complexity index is 402. The quantitative estimate of drug-likeness (QED) is 0.771. The van der Waals surface area contributed by atoms with Crippen molar-refractivity contribution >= 4 is 6.03 Å². The zero-order valence-electron chi connectivity index (χ0n) is 8.57. The highest BCUT2D eigenvalue weighted by Gasteiger charge is 2.30. The maximum absolute atomic E-state index is 11.4. The number of benzene rings is 1. The topological polar surface area (TPSA) is 32.3 Å². The second-order valence-electron chi connectivity index (χ2n) is 4.28. The zero-order chi connectivity index (χ0) is 10.3. The minimum atomic E-state index is 0.0966. The minimum Gasteiger partial charge on any atom is -0.336 e. The van der Waals surface area contributed by atoms with Gasteiger partial charge in [-0.05, 0) is 17.5 Å². The number of amides is 2. The van der Waals surface area contributed by atoms with Crippen LogP contribution in [0.25, 0.3) is 0 Å². The van der Waals surface area contributed by atoms with Crippen LogP contribution < -0.4 is 5.32 Å². The molecule has 1 fully saturated rings. The number of carbonyl (C=O) groups excluding carboxylic acids is 1. The smallest absolute Gasteiger partial charge is 0.317 e. The molecule has 15 heavy (non-hydrogen) atoms. The van der Waals surface area contributed by atoms with E-state index in [0.717, 1.165) is 26.1 Å². The van der Waals surface area contributed by atoms with Crippen molar-refractivity contribution in [2.75, 3.05) is 19.6 Å². The van der Waals surface area contributed by atoms with E-state index in [9.17, 15) is 4.79 Å². The van der Waals surface area contributed by atoms with E-state index in [1.165, 1.54) is 11.1 Å². The highest BCUT2D eigenvalue weighted by Crippen LogP contribution is 2.35. The number of hydrogen-bond donors (Lipinski definition) is 1. The number of fused-ring (bicyclic) bond motifs is 1. The fraction of sp³-hybridized carbons (Fsp3) is 0.417. The average Bonchev–Trinajstić information content (AvgIpc) is 2.61. The van der Waals surface area contributed by atoms with E-state index >= 15 is 0 Å². The normalized spacial score (nSPS) is 23.3. The van der Waals surface area contributed by atoms with Crippen LogP contribution in [0, 0.1) is 0 Å². The molecule has 0 aromatic heterocycles. The Labute approximate surface area is 89.1 Å². The molecule has 1 atom stereocenters. The van der Waals surface area contributed by atoms with Crippen LogP contribution in [-0.2, 0) is 6.42 Å². The molecule has 3 heteroatoms. The first kappa shape index (κ1) is 8.77. The summed E-state index contributed by atoms with van der Waals surface area (Å²) in [7, 11) is 0. The molecule has 1 aliphatic carbocycles. The van der Waals surface area contributed by atoms with Crippen molar-refractivity contribution in [2.24, 2.45) is 0 Å². The van der Waals surface area contributed by atoms with Gasteiger partial charge in [-0.3, -0.25) is 0 Å². The summed E-state index contributed by atoms with van der Waals surface area (Å²) in [5.74, 6) is 0.560. The van der Waals surface area contributed by atoms with Gasteiger partial charge in [0, 0.05) is 25.6 Å². The van der Waals surface area contributed by atoms with Crippen molar-refractivity contribution in [1.29, 1.82) is 0 Å². The third-order valence-corrected chi connectivity index (χ3v) is 3.35. The van der Waals surface area contributed by atoms with Crippen LogP contribution in [0.3, 0.4) is 0 Å². The van der Waals surface area contributed by atoms with Gasteiger partial charge in [0.2, 0.25) is 0 Å². The van der Waals surface area contributed by atoms with Gasteiger partial charge in [0.25, 0.3) is 0 Å². The van der Waals surface area contributed by atoms with Gasteiger partial charge < -0.3 is 10.2 Å². The van der Waals surface area contributed by atoms with E-state index in [1.54, 1.807) is 0 Å². The maximum Gasteiger partial charge on any atom is 0.317 e. The predicted molar refractivity (Wildman–Crippen MR) is 57.9 cm³/mol. The van der Waals surface area contributed by atoms with Crippen LogP contribution in [0.1, 0.15) is 17.0 Å². The van der Waals surface area contributed by atoms with Gasteiger partial charge in [0.15, 0.2) is 0 Å². The van der Waals surface area contributed by atoms with Crippen molar-refractivity contribution in [2.45, 2.75) is 12.3 Å². The second kappa shape index (κ2) is 3.26. The van der Waals surface area contributed by atoms with Crippen molar-refractivity contribution in [3.8, 4) is 0 Å². The van der Waals surface area contributed by atoms with Crippen LogP contribution in [0.15, 0.2) is 24.3 Å². The van der Waals surface area contributed by atoms with Gasteiger partial charge in [-0.1, -0.05) is 24.3 Å². The molecule has 78 valence electrons. The number of carbonyl (C=O) groups is 1. The summed E-state index contributed by atoms with van der Waals surface area (Å²) in [6.07, 6.45) is 1.12. The first-order chi connectivity index (χ1) is 7.34. The van der Waals surface area contributed by atoms with E-state index in [0.29, 0.717) is 5.92 Å².